The average molecular weight is 392 g/mol. The number of aromatic nitrogens is 2. The summed E-state index contributed by atoms with van der Waals surface area (Å²) in [5.41, 5.74) is 2.31. The lowest BCUT2D eigenvalue weighted by atomic mass is 9.77. The summed E-state index contributed by atoms with van der Waals surface area (Å²) in [6.45, 7) is 3.49. The highest BCUT2D eigenvalue weighted by atomic mass is 16.3. The van der Waals surface area contributed by atoms with E-state index in [0.29, 0.717) is 29.6 Å². The first kappa shape index (κ1) is 18.1. The van der Waals surface area contributed by atoms with Gasteiger partial charge in [0.1, 0.15) is 11.6 Å². The normalized spacial score (nSPS) is 26.5. The molecule has 4 atom stereocenters. The van der Waals surface area contributed by atoms with Gasteiger partial charge in [-0.15, -0.1) is 0 Å². The molecule has 1 amide bonds. The third-order valence-electron chi connectivity index (χ3n) is 6.32. The Hall–Kier alpha value is -2.93. The van der Waals surface area contributed by atoms with Crippen molar-refractivity contribution in [2.45, 2.75) is 31.9 Å². The Morgan fingerprint density at radius 2 is 1.93 bits per heavy atom. The van der Waals surface area contributed by atoms with E-state index >= 15 is 0 Å². The van der Waals surface area contributed by atoms with Crippen LogP contribution < -0.4 is 10.2 Å². The highest BCUT2D eigenvalue weighted by Crippen LogP contribution is 2.38. The van der Waals surface area contributed by atoms with E-state index in [-0.39, 0.29) is 11.9 Å². The first-order chi connectivity index (χ1) is 14.1. The third kappa shape index (κ3) is 3.35. The number of benzene rings is 1. The molecule has 5 rings (SSSR count). The van der Waals surface area contributed by atoms with Crippen LogP contribution in [0.2, 0.25) is 0 Å². The second kappa shape index (κ2) is 7.15. The number of amides is 1. The van der Waals surface area contributed by atoms with Crippen LogP contribution in [0.3, 0.4) is 0 Å². The van der Waals surface area contributed by atoms with E-state index in [1.807, 2.05) is 30.5 Å². The molecule has 2 aromatic heterocycles. The number of rotatable bonds is 3. The topological polar surface area (TPSA) is 91.5 Å². The number of hydrogen-bond acceptors (Lipinski definition) is 6. The number of nitrogens with zero attached hydrogens (tertiary/aromatic N) is 3. The van der Waals surface area contributed by atoms with Crippen LogP contribution in [0.1, 0.15) is 29.0 Å². The van der Waals surface area contributed by atoms with Gasteiger partial charge in [0.2, 0.25) is 0 Å². The molecule has 0 unspecified atom stereocenters. The largest absolute Gasteiger partial charge is 0.469 e. The standard InChI is InChI=1S/C22H24N4O3/c1-13-16(6-7-29-13)22(28)25-19-8-14-11-26(12-15(14)9-20(19)27)21-10-23-17-4-2-3-5-18(17)24-21/h2-7,10,14-15,19-20,27H,8-9,11-12H2,1H3,(H,25,28)/t14-,15+,19-,20-/m0/s1. The summed E-state index contributed by atoms with van der Waals surface area (Å²) in [5.74, 6) is 2.08. The monoisotopic (exact) mass is 392 g/mol. The predicted molar refractivity (Wildman–Crippen MR) is 109 cm³/mol. The van der Waals surface area contributed by atoms with E-state index in [9.17, 15) is 9.90 Å². The van der Waals surface area contributed by atoms with Crippen molar-refractivity contribution in [1.29, 1.82) is 0 Å². The lowest BCUT2D eigenvalue weighted by Crippen LogP contribution is -2.49. The molecule has 0 bridgehead atoms. The Bertz CT molecular complexity index is 1050. The van der Waals surface area contributed by atoms with Crippen LogP contribution in [0.25, 0.3) is 11.0 Å². The molecule has 7 heteroatoms. The number of carbonyl (C=O) groups excluding carboxylic acids is 1. The highest BCUT2D eigenvalue weighted by molar-refractivity contribution is 5.95. The molecular formula is C22H24N4O3. The molecule has 0 radical (unpaired) electrons. The van der Waals surface area contributed by atoms with E-state index in [0.717, 1.165) is 36.4 Å². The van der Waals surface area contributed by atoms with Crippen LogP contribution in [0.4, 0.5) is 5.82 Å². The number of aliphatic hydroxyl groups excluding tert-OH is 1. The first-order valence-corrected chi connectivity index (χ1v) is 10.1. The molecule has 150 valence electrons. The number of furan rings is 1. The van der Waals surface area contributed by atoms with Gasteiger partial charge in [0.25, 0.3) is 5.91 Å². The summed E-state index contributed by atoms with van der Waals surface area (Å²) in [5, 5.41) is 13.7. The van der Waals surface area contributed by atoms with Crippen molar-refractivity contribution in [3.63, 3.8) is 0 Å². The summed E-state index contributed by atoms with van der Waals surface area (Å²) in [6, 6.07) is 9.28. The summed E-state index contributed by atoms with van der Waals surface area (Å²) < 4.78 is 5.22. The maximum atomic E-state index is 12.5. The zero-order chi connectivity index (χ0) is 20.0. The molecule has 0 spiro atoms. The first-order valence-electron chi connectivity index (χ1n) is 10.1. The van der Waals surface area contributed by atoms with E-state index in [1.165, 1.54) is 6.26 Å². The Kier molecular flexibility index (Phi) is 4.47. The fourth-order valence-electron chi connectivity index (χ4n) is 4.74. The number of fused-ring (bicyclic) bond motifs is 2. The maximum Gasteiger partial charge on any atom is 0.255 e. The van der Waals surface area contributed by atoms with Crippen LogP contribution in [-0.2, 0) is 0 Å². The van der Waals surface area contributed by atoms with Crippen molar-refractivity contribution < 1.29 is 14.3 Å². The third-order valence-corrected chi connectivity index (χ3v) is 6.32. The number of para-hydroxylation sites is 2. The van der Waals surface area contributed by atoms with Gasteiger partial charge in [0.15, 0.2) is 0 Å². The van der Waals surface area contributed by atoms with Crippen molar-refractivity contribution in [2.24, 2.45) is 11.8 Å². The quantitative estimate of drug-likeness (QED) is 0.712. The number of anilines is 1. The molecule has 3 heterocycles. The minimum absolute atomic E-state index is 0.186. The number of hydrogen-bond donors (Lipinski definition) is 2. The molecule has 29 heavy (non-hydrogen) atoms. The molecule has 7 nitrogen and oxygen atoms in total. The number of carbonyl (C=O) groups is 1. The molecule has 1 saturated heterocycles. The van der Waals surface area contributed by atoms with Gasteiger partial charge in [-0.1, -0.05) is 12.1 Å². The van der Waals surface area contributed by atoms with Gasteiger partial charge in [-0.3, -0.25) is 9.78 Å². The van der Waals surface area contributed by atoms with Gasteiger partial charge in [-0.05, 0) is 49.8 Å². The molecule has 2 fully saturated rings. The number of nitrogens with one attached hydrogen (secondary N) is 1. The van der Waals surface area contributed by atoms with Crippen molar-refractivity contribution in [2.75, 3.05) is 18.0 Å². The van der Waals surface area contributed by atoms with Crippen molar-refractivity contribution >= 4 is 22.8 Å². The van der Waals surface area contributed by atoms with Crippen LogP contribution in [0, 0.1) is 18.8 Å². The van der Waals surface area contributed by atoms with Crippen LogP contribution in [0.5, 0.6) is 0 Å². The summed E-state index contributed by atoms with van der Waals surface area (Å²) in [7, 11) is 0. The van der Waals surface area contributed by atoms with Crippen molar-refractivity contribution in [3.8, 4) is 0 Å². The molecule has 2 aliphatic rings. The van der Waals surface area contributed by atoms with Gasteiger partial charge in [-0.2, -0.15) is 0 Å². The lowest BCUT2D eigenvalue weighted by molar-refractivity contribution is 0.0461. The Balaban J connectivity index is 1.29. The molecular weight excluding hydrogens is 368 g/mol. The second-order valence-electron chi connectivity index (χ2n) is 8.15. The van der Waals surface area contributed by atoms with Gasteiger partial charge >= 0.3 is 0 Å². The van der Waals surface area contributed by atoms with Gasteiger partial charge in [0.05, 0.1) is 41.2 Å². The minimum Gasteiger partial charge on any atom is -0.469 e. The molecule has 1 aliphatic carbocycles. The maximum absolute atomic E-state index is 12.5. The summed E-state index contributed by atoms with van der Waals surface area (Å²) in [6.07, 6.45) is 4.23. The smallest absolute Gasteiger partial charge is 0.255 e. The van der Waals surface area contributed by atoms with Crippen LogP contribution >= 0.6 is 0 Å². The average Bonchev–Trinajstić information content (AvgIpc) is 3.33. The van der Waals surface area contributed by atoms with Crippen molar-refractivity contribution in [3.05, 3.63) is 54.1 Å². The summed E-state index contributed by atoms with van der Waals surface area (Å²) >= 11 is 0. The van der Waals surface area contributed by atoms with Crippen molar-refractivity contribution in [1.82, 2.24) is 15.3 Å². The SMILES string of the molecule is Cc1occc1C(=O)N[C@H]1C[C@H]2CN(c3cnc4ccccc4n3)C[C@H]2C[C@@H]1O. The molecule has 1 aromatic carbocycles. The van der Waals surface area contributed by atoms with E-state index in [2.05, 4.69) is 15.2 Å². The van der Waals surface area contributed by atoms with Gasteiger partial charge in [-0.25, -0.2) is 4.98 Å². The molecule has 1 saturated carbocycles. The zero-order valence-corrected chi connectivity index (χ0v) is 16.3. The van der Waals surface area contributed by atoms with Crippen LogP contribution in [-0.4, -0.2) is 46.2 Å². The Morgan fingerprint density at radius 3 is 2.69 bits per heavy atom. The fourth-order valence-corrected chi connectivity index (χ4v) is 4.74. The van der Waals surface area contributed by atoms with E-state index in [4.69, 9.17) is 9.40 Å². The number of aryl methyl sites for hydroxylation is 1. The second-order valence-corrected chi connectivity index (χ2v) is 8.15. The fraction of sp³-hybridized carbons (Fsp3) is 0.409. The zero-order valence-electron chi connectivity index (χ0n) is 16.3. The molecule has 2 N–H and O–H groups in total. The van der Waals surface area contributed by atoms with Gasteiger partial charge < -0.3 is 19.7 Å². The Labute approximate surface area is 168 Å². The van der Waals surface area contributed by atoms with Crippen LogP contribution in [0.15, 0.2) is 47.2 Å². The van der Waals surface area contributed by atoms with E-state index in [1.54, 1.807) is 13.0 Å². The molecule has 1 aliphatic heterocycles. The minimum atomic E-state index is -0.546. The highest BCUT2D eigenvalue weighted by Gasteiger charge is 2.42. The number of aliphatic hydroxyl groups is 1. The van der Waals surface area contributed by atoms with Gasteiger partial charge in [0, 0.05) is 13.1 Å². The lowest BCUT2D eigenvalue weighted by Gasteiger charge is -2.35. The summed E-state index contributed by atoms with van der Waals surface area (Å²) in [4.78, 5) is 24.1. The predicted octanol–water partition coefficient (Wildman–Crippen LogP) is 2.54. The molecule has 3 aromatic rings. The van der Waals surface area contributed by atoms with E-state index < -0.39 is 6.10 Å². The Morgan fingerprint density at radius 1 is 1.17 bits per heavy atom.